The van der Waals surface area contributed by atoms with Gasteiger partial charge in [0.1, 0.15) is 11.9 Å². The molecule has 0 heterocycles. The Hall–Kier alpha value is -0.490. The predicted octanol–water partition coefficient (Wildman–Crippen LogP) is 1.36. The summed E-state index contributed by atoms with van der Waals surface area (Å²) in [5, 5.41) is 27.6. The molecule has 3 N–H and O–H groups in total. The van der Waals surface area contributed by atoms with Crippen molar-refractivity contribution in [2.24, 2.45) is 0 Å². The van der Waals surface area contributed by atoms with Crippen LogP contribution in [0.15, 0.2) is 22.7 Å². The van der Waals surface area contributed by atoms with E-state index in [9.17, 15) is 14.6 Å². The maximum Gasteiger partial charge on any atom is 0.129 e. The molecule has 5 heteroatoms. The lowest BCUT2D eigenvalue weighted by Crippen LogP contribution is -2.20. The number of hydrogen-bond acceptors (Lipinski definition) is 3. The first kappa shape index (κ1) is 12.6. The van der Waals surface area contributed by atoms with E-state index in [0.29, 0.717) is 4.47 Å². The zero-order valence-electron chi connectivity index (χ0n) is 7.90. The zero-order valence-corrected chi connectivity index (χ0v) is 9.48. The molecule has 15 heavy (non-hydrogen) atoms. The van der Waals surface area contributed by atoms with Gasteiger partial charge in [-0.05, 0) is 24.6 Å². The van der Waals surface area contributed by atoms with Crippen LogP contribution in [0.2, 0.25) is 0 Å². The molecule has 0 aliphatic rings. The summed E-state index contributed by atoms with van der Waals surface area (Å²) in [6.07, 6.45) is -2.49. The Morgan fingerprint density at radius 3 is 2.60 bits per heavy atom. The summed E-state index contributed by atoms with van der Waals surface area (Å²) in [5.41, 5.74) is 0.0188. The molecule has 0 aliphatic heterocycles. The van der Waals surface area contributed by atoms with Crippen LogP contribution in [0, 0.1) is 5.82 Å². The molecule has 1 aromatic rings. The van der Waals surface area contributed by atoms with Gasteiger partial charge in [-0.15, -0.1) is 0 Å². The van der Waals surface area contributed by atoms with Gasteiger partial charge in [-0.1, -0.05) is 15.9 Å². The van der Waals surface area contributed by atoms with E-state index in [0.717, 1.165) is 0 Å². The second-order valence-electron chi connectivity index (χ2n) is 3.19. The van der Waals surface area contributed by atoms with Gasteiger partial charge < -0.3 is 15.3 Å². The fourth-order valence-corrected chi connectivity index (χ4v) is 1.62. The SMILES string of the molecule is OCCC(O)C(O)c1cc(Br)ccc1F. The van der Waals surface area contributed by atoms with Gasteiger partial charge in [0.15, 0.2) is 0 Å². The van der Waals surface area contributed by atoms with Crippen molar-refractivity contribution in [1.82, 2.24) is 0 Å². The van der Waals surface area contributed by atoms with Crippen LogP contribution >= 0.6 is 15.9 Å². The maximum absolute atomic E-state index is 13.3. The Bertz CT molecular complexity index is 332. The minimum Gasteiger partial charge on any atom is -0.396 e. The average molecular weight is 279 g/mol. The molecule has 1 rings (SSSR count). The lowest BCUT2D eigenvalue weighted by atomic mass is 10.0. The monoisotopic (exact) mass is 278 g/mol. The number of benzene rings is 1. The molecule has 0 radical (unpaired) electrons. The quantitative estimate of drug-likeness (QED) is 0.780. The highest BCUT2D eigenvalue weighted by molar-refractivity contribution is 9.10. The van der Waals surface area contributed by atoms with Gasteiger partial charge in [0.05, 0.1) is 6.10 Å². The highest BCUT2D eigenvalue weighted by atomic mass is 79.9. The zero-order chi connectivity index (χ0) is 11.4. The van der Waals surface area contributed by atoms with Crippen molar-refractivity contribution >= 4 is 15.9 Å². The third kappa shape index (κ3) is 3.24. The molecule has 0 saturated heterocycles. The Morgan fingerprint density at radius 2 is 2.00 bits per heavy atom. The number of aliphatic hydroxyl groups is 3. The van der Waals surface area contributed by atoms with Crippen LogP contribution < -0.4 is 0 Å². The van der Waals surface area contributed by atoms with Crippen LogP contribution in [-0.2, 0) is 0 Å². The molecule has 0 aliphatic carbocycles. The van der Waals surface area contributed by atoms with Crippen molar-refractivity contribution in [2.75, 3.05) is 6.61 Å². The molecule has 0 amide bonds. The van der Waals surface area contributed by atoms with Crippen LogP contribution in [0.4, 0.5) is 4.39 Å². The van der Waals surface area contributed by atoms with Crippen molar-refractivity contribution in [3.8, 4) is 0 Å². The summed E-state index contributed by atoms with van der Waals surface area (Å²) in [5.74, 6) is -0.581. The molecule has 0 fully saturated rings. The van der Waals surface area contributed by atoms with Crippen molar-refractivity contribution in [3.05, 3.63) is 34.1 Å². The molecule has 0 bridgehead atoms. The summed E-state index contributed by atoms with van der Waals surface area (Å²) in [6, 6.07) is 4.11. The first-order chi connectivity index (χ1) is 7.06. The summed E-state index contributed by atoms with van der Waals surface area (Å²) in [7, 11) is 0. The largest absolute Gasteiger partial charge is 0.396 e. The Kier molecular flexibility index (Phi) is 4.66. The highest BCUT2D eigenvalue weighted by Crippen LogP contribution is 2.24. The number of halogens is 2. The standard InChI is InChI=1S/C10H12BrFO3/c11-6-1-2-8(12)7(5-6)10(15)9(14)3-4-13/h1-2,5,9-10,13-15H,3-4H2. The van der Waals surface area contributed by atoms with Gasteiger partial charge >= 0.3 is 0 Å². The molecule has 1 aromatic carbocycles. The van der Waals surface area contributed by atoms with E-state index in [1.54, 1.807) is 0 Å². The minimum absolute atomic E-state index is 0.00706. The summed E-state index contributed by atoms with van der Waals surface area (Å²) >= 11 is 3.14. The van der Waals surface area contributed by atoms with Gasteiger partial charge in [-0.25, -0.2) is 4.39 Å². The van der Waals surface area contributed by atoms with Crippen LogP contribution in [0.3, 0.4) is 0 Å². The lowest BCUT2D eigenvalue weighted by molar-refractivity contribution is 0.00233. The lowest BCUT2D eigenvalue weighted by Gasteiger charge is -2.17. The van der Waals surface area contributed by atoms with Crippen LogP contribution in [0.1, 0.15) is 18.1 Å². The number of rotatable bonds is 4. The van der Waals surface area contributed by atoms with E-state index >= 15 is 0 Å². The van der Waals surface area contributed by atoms with Crippen molar-refractivity contribution < 1.29 is 19.7 Å². The third-order valence-electron chi connectivity index (χ3n) is 2.07. The van der Waals surface area contributed by atoms with E-state index in [2.05, 4.69) is 15.9 Å². The van der Waals surface area contributed by atoms with Crippen molar-refractivity contribution in [3.63, 3.8) is 0 Å². The molecule has 0 spiro atoms. The van der Waals surface area contributed by atoms with Crippen LogP contribution in [-0.4, -0.2) is 28.0 Å². The fraction of sp³-hybridized carbons (Fsp3) is 0.400. The second kappa shape index (κ2) is 5.55. The van der Waals surface area contributed by atoms with Gasteiger partial charge in [-0.2, -0.15) is 0 Å². The van der Waals surface area contributed by atoms with Gasteiger partial charge in [0, 0.05) is 16.6 Å². The Morgan fingerprint density at radius 1 is 1.33 bits per heavy atom. The topological polar surface area (TPSA) is 60.7 Å². The Balaban J connectivity index is 2.89. The third-order valence-corrected chi connectivity index (χ3v) is 2.56. The predicted molar refractivity (Wildman–Crippen MR) is 56.8 cm³/mol. The summed E-state index contributed by atoms with van der Waals surface area (Å²) in [6.45, 7) is -0.256. The second-order valence-corrected chi connectivity index (χ2v) is 4.11. The smallest absolute Gasteiger partial charge is 0.129 e. The van der Waals surface area contributed by atoms with Crippen molar-refractivity contribution in [1.29, 1.82) is 0 Å². The fourth-order valence-electron chi connectivity index (χ4n) is 1.24. The summed E-state index contributed by atoms with van der Waals surface area (Å²) in [4.78, 5) is 0. The molecule has 0 saturated carbocycles. The molecule has 0 aromatic heterocycles. The molecule has 2 unspecified atom stereocenters. The first-order valence-electron chi connectivity index (χ1n) is 4.48. The van der Waals surface area contributed by atoms with E-state index in [1.165, 1.54) is 18.2 Å². The van der Waals surface area contributed by atoms with Crippen LogP contribution in [0.25, 0.3) is 0 Å². The molecular formula is C10H12BrFO3. The van der Waals surface area contributed by atoms with Gasteiger partial charge in [-0.3, -0.25) is 0 Å². The maximum atomic E-state index is 13.3. The van der Waals surface area contributed by atoms with Gasteiger partial charge in [0.2, 0.25) is 0 Å². The number of aliphatic hydroxyl groups excluding tert-OH is 3. The molecule has 3 nitrogen and oxygen atoms in total. The van der Waals surface area contributed by atoms with Crippen molar-refractivity contribution in [2.45, 2.75) is 18.6 Å². The normalized spacial score (nSPS) is 15.0. The number of hydrogen-bond donors (Lipinski definition) is 3. The van der Waals surface area contributed by atoms with E-state index in [-0.39, 0.29) is 18.6 Å². The van der Waals surface area contributed by atoms with Gasteiger partial charge in [0.25, 0.3) is 0 Å². The molecule has 84 valence electrons. The summed E-state index contributed by atoms with van der Waals surface area (Å²) < 4.78 is 13.9. The van der Waals surface area contributed by atoms with E-state index in [4.69, 9.17) is 5.11 Å². The Labute approximate surface area is 95.3 Å². The van der Waals surface area contributed by atoms with Crippen LogP contribution in [0.5, 0.6) is 0 Å². The first-order valence-corrected chi connectivity index (χ1v) is 5.27. The molecular weight excluding hydrogens is 267 g/mol. The highest BCUT2D eigenvalue weighted by Gasteiger charge is 2.21. The molecule has 2 atom stereocenters. The minimum atomic E-state index is -1.32. The van der Waals surface area contributed by atoms with E-state index < -0.39 is 18.0 Å². The van der Waals surface area contributed by atoms with E-state index in [1.807, 2.05) is 0 Å². The average Bonchev–Trinajstić information content (AvgIpc) is 2.21.